The standard InChI is InChI=1S/C24H25Cl2N5O4S/c1-16-18(25)5-4-6-21(16)36(32,33)29-23-24(31-10-9-27-14-22(31)28-23)35-15-17-7-8-19(26)20(13-17)34-12-11-30(2)3/h4-10,13-14,29H,11-12,15H2,1-3H3. The third kappa shape index (κ3) is 5.84. The van der Waals surface area contributed by atoms with Crippen LogP contribution >= 0.6 is 23.2 Å². The van der Waals surface area contributed by atoms with Crippen molar-refractivity contribution in [3.63, 3.8) is 0 Å². The lowest BCUT2D eigenvalue weighted by atomic mass is 10.2. The average molecular weight is 550 g/mol. The van der Waals surface area contributed by atoms with Gasteiger partial charge in [-0.1, -0.05) is 35.3 Å². The van der Waals surface area contributed by atoms with Crippen molar-refractivity contribution in [2.75, 3.05) is 32.0 Å². The third-order valence-electron chi connectivity index (χ3n) is 5.29. The van der Waals surface area contributed by atoms with Crippen molar-refractivity contribution < 1.29 is 17.9 Å². The number of nitrogens with zero attached hydrogens (tertiary/aromatic N) is 4. The maximum Gasteiger partial charge on any atom is 0.263 e. The van der Waals surface area contributed by atoms with Crippen LogP contribution in [0.25, 0.3) is 5.65 Å². The number of aromatic nitrogens is 3. The number of fused-ring (bicyclic) bond motifs is 1. The molecule has 0 fully saturated rings. The lowest BCUT2D eigenvalue weighted by Gasteiger charge is -2.14. The maximum absolute atomic E-state index is 13.2. The lowest BCUT2D eigenvalue weighted by Crippen LogP contribution is -2.19. The molecule has 9 nitrogen and oxygen atoms in total. The molecular weight excluding hydrogens is 525 g/mol. The van der Waals surface area contributed by atoms with Crippen LogP contribution in [0.4, 0.5) is 5.82 Å². The summed E-state index contributed by atoms with van der Waals surface area (Å²) in [6, 6.07) is 10.0. The topological polar surface area (TPSA) is 98.1 Å². The molecule has 0 bridgehead atoms. The van der Waals surface area contributed by atoms with Gasteiger partial charge in [-0.25, -0.2) is 13.4 Å². The Balaban J connectivity index is 1.61. The van der Waals surface area contributed by atoms with Gasteiger partial charge < -0.3 is 14.4 Å². The Morgan fingerprint density at radius 1 is 1.11 bits per heavy atom. The number of likely N-dealkylation sites (N-methyl/N-ethyl adjacent to an activating group) is 1. The summed E-state index contributed by atoms with van der Waals surface area (Å²) in [5.41, 5.74) is 1.63. The van der Waals surface area contributed by atoms with Gasteiger partial charge in [-0.15, -0.1) is 0 Å². The van der Waals surface area contributed by atoms with Crippen LogP contribution in [0.15, 0.2) is 59.9 Å². The molecule has 0 saturated heterocycles. The van der Waals surface area contributed by atoms with E-state index in [0.29, 0.717) is 33.6 Å². The van der Waals surface area contributed by atoms with Crippen LogP contribution in [0.3, 0.4) is 0 Å². The smallest absolute Gasteiger partial charge is 0.263 e. The average Bonchev–Trinajstić information content (AvgIpc) is 3.17. The van der Waals surface area contributed by atoms with Gasteiger partial charge in [0.2, 0.25) is 11.7 Å². The maximum atomic E-state index is 13.2. The highest BCUT2D eigenvalue weighted by atomic mass is 35.5. The summed E-state index contributed by atoms with van der Waals surface area (Å²) < 4.78 is 42.4. The molecule has 0 aliphatic carbocycles. The molecule has 2 heterocycles. The fourth-order valence-corrected chi connectivity index (χ4v) is 5.06. The largest absolute Gasteiger partial charge is 0.491 e. The van der Waals surface area contributed by atoms with Crippen molar-refractivity contribution in [1.29, 1.82) is 0 Å². The summed E-state index contributed by atoms with van der Waals surface area (Å²) in [6.07, 6.45) is 4.70. The number of benzene rings is 2. The molecule has 0 aliphatic rings. The fourth-order valence-electron chi connectivity index (χ4n) is 3.39. The van der Waals surface area contributed by atoms with Gasteiger partial charge in [0.25, 0.3) is 10.0 Å². The molecule has 2 aromatic heterocycles. The van der Waals surface area contributed by atoms with Crippen LogP contribution in [0.1, 0.15) is 11.1 Å². The molecule has 0 amide bonds. The Kier molecular flexibility index (Phi) is 7.89. The summed E-state index contributed by atoms with van der Waals surface area (Å²) >= 11 is 12.4. The van der Waals surface area contributed by atoms with Gasteiger partial charge in [0, 0.05) is 24.0 Å². The number of sulfonamides is 1. The van der Waals surface area contributed by atoms with Gasteiger partial charge >= 0.3 is 0 Å². The van der Waals surface area contributed by atoms with Gasteiger partial charge in [0.15, 0.2) is 5.65 Å². The molecular formula is C24H25Cl2N5O4S. The summed E-state index contributed by atoms with van der Waals surface area (Å²) in [5, 5.41) is 0.837. The number of hydrogen-bond acceptors (Lipinski definition) is 7. The molecule has 0 unspecified atom stereocenters. The van der Waals surface area contributed by atoms with Crippen LogP contribution in [0, 0.1) is 6.92 Å². The zero-order valence-corrected chi connectivity index (χ0v) is 22.2. The van der Waals surface area contributed by atoms with Gasteiger partial charge in [-0.05, 0) is 56.4 Å². The number of rotatable bonds is 10. The Labute approximate surface area is 219 Å². The SMILES string of the molecule is Cc1c(Cl)cccc1S(=O)(=O)Nc1nc2cnccn2c1OCc1ccc(Cl)c(OCCN(C)C)c1. The number of ether oxygens (including phenoxy) is 2. The third-order valence-corrected chi connectivity index (χ3v) is 7.50. The highest BCUT2D eigenvalue weighted by Gasteiger charge is 2.23. The lowest BCUT2D eigenvalue weighted by molar-refractivity contribution is 0.259. The van der Waals surface area contributed by atoms with Gasteiger partial charge in [-0.3, -0.25) is 14.1 Å². The predicted octanol–water partition coefficient (Wildman–Crippen LogP) is 4.66. The van der Waals surface area contributed by atoms with E-state index >= 15 is 0 Å². The van der Waals surface area contributed by atoms with Gasteiger partial charge in [0.05, 0.1) is 16.1 Å². The second-order valence-corrected chi connectivity index (χ2v) is 10.7. The molecule has 0 radical (unpaired) electrons. The zero-order chi connectivity index (χ0) is 25.9. The number of anilines is 1. The van der Waals surface area contributed by atoms with E-state index in [0.717, 1.165) is 12.1 Å². The molecule has 36 heavy (non-hydrogen) atoms. The monoisotopic (exact) mass is 549 g/mol. The first-order valence-corrected chi connectivity index (χ1v) is 13.2. The van der Waals surface area contributed by atoms with Crippen LogP contribution in [-0.4, -0.2) is 54.9 Å². The number of hydrogen-bond donors (Lipinski definition) is 1. The van der Waals surface area contributed by atoms with E-state index in [9.17, 15) is 8.42 Å². The van der Waals surface area contributed by atoms with Gasteiger partial charge in [-0.2, -0.15) is 0 Å². The quantitative estimate of drug-likeness (QED) is 0.307. The normalized spacial score (nSPS) is 11.7. The first kappa shape index (κ1) is 26.0. The number of nitrogens with one attached hydrogen (secondary N) is 1. The van der Waals surface area contributed by atoms with E-state index in [1.54, 1.807) is 48.0 Å². The summed E-state index contributed by atoms with van der Waals surface area (Å²) in [7, 11) is -0.0844. The number of halogens is 2. The second-order valence-electron chi connectivity index (χ2n) is 8.24. The van der Waals surface area contributed by atoms with E-state index < -0.39 is 10.0 Å². The summed E-state index contributed by atoms with van der Waals surface area (Å²) in [4.78, 5) is 10.5. The first-order chi connectivity index (χ1) is 17.2. The van der Waals surface area contributed by atoms with Crippen LogP contribution < -0.4 is 14.2 Å². The Bertz CT molecular complexity index is 1490. The van der Waals surface area contributed by atoms with E-state index in [1.165, 1.54) is 12.3 Å². The Morgan fingerprint density at radius 2 is 1.92 bits per heavy atom. The Morgan fingerprint density at radius 3 is 2.69 bits per heavy atom. The van der Waals surface area contributed by atoms with E-state index in [2.05, 4.69) is 14.7 Å². The molecule has 0 atom stereocenters. The van der Waals surface area contributed by atoms with Crippen LogP contribution in [0.5, 0.6) is 11.6 Å². The minimum Gasteiger partial charge on any atom is -0.491 e. The van der Waals surface area contributed by atoms with Crippen molar-refractivity contribution >= 4 is 44.7 Å². The van der Waals surface area contributed by atoms with E-state index in [4.69, 9.17) is 32.7 Å². The second kappa shape index (κ2) is 10.9. The van der Waals surface area contributed by atoms with Crippen molar-refractivity contribution in [3.8, 4) is 11.6 Å². The highest BCUT2D eigenvalue weighted by molar-refractivity contribution is 7.92. The molecule has 0 aliphatic heterocycles. The minimum atomic E-state index is -4.00. The predicted molar refractivity (Wildman–Crippen MR) is 140 cm³/mol. The first-order valence-electron chi connectivity index (χ1n) is 10.9. The van der Waals surface area contributed by atoms with Crippen LogP contribution in [-0.2, 0) is 16.6 Å². The van der Waals surface area contributed by atoms with Crippen molar-refractivity contribution in [2.24, 2.45) is 0 Å². The van der Waals surface area contributed by atoms with Crippen molar-refractivity contribution in [3.05, 3.63) is 76.2 Å². The highest BCUT2D eigenvalue weighted by Crippen LogP contribution is 2.31. The fraction of sp³-hybridized carbons (Fsp3) is 0.250. The molecule has 0 saturated carbocycles. The molecule has 4 aromatic rings. The molecule has 4 rings (SSSR count). The van der Waals surface area contributed by atoms with Crippen LogP contribution in [0.2, 0.25) is 10.0 Å². The van der Waals surface area contributed by atoms with Crippen molar-refractivity contribution in [1.82, 2.24) is 19.3 Å². The van der Waals surface area contributed by atoms with E-state index in [-0.39, 0.29) is 23.2 Å². The summed E-state index contributed by atoms with van der Waals surface area (Å²) in [5.74, 6) is 0.777. The molecule has 2 aromatic carbocycles. The molecule has 0 spiro atoms. The Hall–Kier alpha value is -3.05. The number of imidazole rings is 1. The minimum absolute atomic E-state index is 0.0267. The van der Waals surface area contributed by atoms with Gasteiger partial charge in [0.1, 0.15) is 19.0 Å². The van der Waals surface area contributed by atoms with Crippen molar-refractivity contribution in [2.45, 2.75) is 18.4 Å². The molecule has 12 heteroatoms. The zero-order valence-electron chi connectivity index (χ0n) is 19.9. The molecule has 190 valence electrons. The van der Waals surface area contributed by atoms with E-state index in [1.807, 2.05) is 25.1 Å². The molecule has 1 N–H and O–H groups in total. The summed E-state index contributed by atoms with van der Waals surface area (Å²) in [6.45, 7) is 2.97.